The van der Waals surface area contributed by atoms with Crippen LogP contribution in [0.4, 0.5) is 0 Å². The van der Waals surface area contributed by atoms with Gasteiger partial charge in [-0.05, 0) is 6.92 Å². The second-order valence-corrected chi connectivity index (χ2v) is 2.00. The van der Waals surface area contributed by atoms with E-state index in [9.17, 15) is 4.79 Å². The van der Waals surface area contributed by atoms with Crippen LogP contribution in [0.5, 0.6) is 0 Å². The van der Waals surface area contributed by atoms with Crippen molar-refractivity contribution in [2.75, 3.05) is 0 Å². The molecule has 1 atom stereocenters. The molecule has 0 saturated carbocycles. The van der Waals surface area contributed by atoms with E-state index in [1.165, 1.54) is 19.2 Å². The molecular weight excluding hydrogens is 168 g/mol. The Morgan fingerprint density at radius 2 is 2.36 bits per heavy atom. The van der Waals surface area contributed by atoms with Crippen molar-refractivity contribution in [2.45, 2.75) is 13.0 Å². The summed E-state index contributed by atoms with van der Waals surface area (Å²) in [5.41, 5.74) is -0.245. The van der Waals surface area contributed by atoms with Gasteiger partial charge in [-0.15, -0.1) is 12.4 Å². The number of H-pyrrole nitrogens is 1. The first kappa shape index (κ1) is 10.1. The lowest BCUT2D eigenvalue weighted by Crippen LogP contribution is -2.10. The van der Waals surface area contributed by atoms with Gasteiger partial charge in [-0.3, -0.25) is 4.79 Å². The Hall–Kier alpha value is -0.870. The van der Waals surface area contributed by atoms with Crippen LogP contribution in [0.3, 0.4) is 0 Å². The molecule has 11 heavy (non-hydrogen) atoms. The van der Waals surface area contributed by atoms with Crippen LogP contribution < -0.4 is 5.56 Å². The molecular formula is C6H9ClN2O2. The van der Waals surface area contributed by atoms with E-state index >= 15 is 0 Å². The van der Waals surface area contributed by atoms with E-state index in [0.717, 1.165) is 0 Å². The molecule has 1 heterocycles. The molecule has 0 amide bonds. The minimum atomic E-state index is -0.714. The fourth-order valence-electron chi connectivity index (χ4n) is 0.598. The van der Waals surface area contributed by atoms with Gasteiger partial charge in [0.25, 0.3) is 5.56 Å². The van der Waals surface area contributed by atoms with Gasteiger partial charge in [0, 0.05) is 12.3 Å². The van der Waals surface area contributed by atoms with E-state index in [1.807, 2.05) is 0 Å². The molecule has 0 saturated heterocycles. The van der Waals surface area contributed by atoms with Gasteiger partial charge in [0.1, 0.15) is 11.9 Å². The van der Waals surface area contributed by atoms with Crippen LogP contribution >= 0.6 is 12.4 Å². The maximum Gasteiger partial charge on any atom is 0.250 e. The molecule has 62 valence electrons. The highest BCUT2D eigenvalue weighted by Crippen LogP contribution is 1.99. The van der Waals surface area contributed by atoms with Gasteiger partial charge in [0.2, 0.25) is 0 Å². The zero-order chi connectivity index (χ0) is 7.56. The van der Waals surface area contributed by atoms with Crippen molar-refractivity contribution in [3.63, 3.8) is 0 Å². The average molecular weight is 177 g/mol. The molecule has 0 radical (unpaired) electrons. The van der Waals surface area contributed by atoms with Crippen LogP contribution in [0.2, 0.25) is 0 Å². The summed E-state index contributed by atoms with van der Waals surface area (Å²) in [5.74, 6) is 0.299. The predicted octanol–water partition coefficient (Wildman–Crippen LogP) is 0.245. The fourth-order valence-corrected chi connectivity index (χ4v) is 0.598. The van der Waals surface area contributed by atoms with Crippen molar-refractivity contribution in [1.29, 1.82) is 0 Å². The molecule has 1 rings (SSSR count). The standard InChI is InChI=1S/C6H8N2O2.ClH/c1-4(9)6-7-3-2-5(10)8-6;/h2-4,9H,1H3,(H,7,8,10);1H. The Kier molecular flexibility index (Phi) is 3.78. The summed E-state index contributed by atoms with van der Waals surface area (Å²) in [6.45, 7) is 1.54. The molecule has 0 bridgehead atoms. The third-order valence-corrected chi connectivity index (χ3v) is 1.09. The van der Waals surface area contributed by atoms with Gasteiger partial charge in [-0.2, -0.15) is 0 Å². The lowest BCUT2D eigenvalue weighted by molar-refractivity contribution is 0.188. The van der Waals surface area contributed by atoms with Crippen LogP contribution in [-0.4, -0.2) is 15.1 Å². The van der Waals surface area contributed by atoms with E-state index in [0.29, 0.717) is 5.82 Å². The molecule has 2 N–H and O–H groups in total. The Morgan fingerprint density at radius 1 is 1.73 bits per heavy atom. The number of aromatic amines is 1. The normalized spacial score (nSPS) is 11.8. The molecule has 0 aromatic carbocycles. The van der Waals surface area contributed by atoms with Crippen LogP contribution in [0, 0.1) is 0 Å². The van der Waals surface area contributed by atoms with Crippen molar-refractivity contribution in [1.82, 2.24) is 9.97 Å². The maximum atomic E-state index is 10.6. The molecule has 0 aliphatic carbocycles. The minimum absolute atomic E-state index is 0. The molecule has 1 aromatic rings. The van der Waals surface area contributed by atoms with E-state index in [-0.39, 0.29) is 18.0 Å². The van der Waals surface area contributed by atoms with E-state index in [2.05, 4.69) is 9.97 Å². The number of aliphatic hydroxyl groups is 1. The minimum Gasteiger partial charge on any atom is -0.385 e. The van der Waals surface area contributed by atoms with Gasteiger partial charge in [0.15, 0.2) is 0 Å². The lowest BCUT2D eigenvalue weighted by atomic mass is 10.4. The van der Waals surface area contributed by atoms with Gasteiger partial charge in [-0.25, -0.2) is 4.98 Å². The van der Waals surface area contributed by atoms with Crippen molar-refractivity contribution in [3.8, 4) is 0 Å². The topological polar surface area (TPSA) is 66.0 Å². The Morgan fingerprint density at radius 3 is 2.73 bits per heavy atom. The predicted molar refractivity (Wildman–Crippen MR) is 42.7 cm³/mol. The third-order valence-electron chi connectivity index (χ3n) is 1.09. The first-order chi connectivity index (χ1) is 4.70. The van der Waals surface area contributed by atoms with Crippen LogP contribution in [0.15, 0.2) is 17.1 Å². The molecule has 0 fully saturated rings. The van der Waals surface area contributed by atoms with E-state index in [1.54, 1.807) is 0 Å². The summed E-state index contributed by atoms with van der Waals surface area (Å²) in [7, 11) is 0. The molecule has 1 unspecified atom stereocenters. The van der Waals surface area contributed by atoms with Crippen LogP contribution in [-0.2, 0) is 0 Å². The van der Waals surface area contributed by atoms with Crippen molar-refractivity contribution < 1.29 is 5.11 Å². The second kappa shape index (κ2) is 4.10. The highest BCUT2D eigenvalue weighted by molar-refractivity contribution is 5.85. The number of halogens is 1. The van der Waals surface area contributed by atoms with Gasteiger partial charge < -0.3 is 10.1 Å². The summed E-state index contributed by atoms with van der Waals surface area (Å²) < 4.78 is 0. The largest absolute Gasteiger partial charge is 0.385 e. The molecule has 0 aliphatic heterocycles. The average Bonchev–Trinajstić information content (AvgIpc) is 1.88. The van der Waals surface area contributed by atoms with Crippen molar-refractivity contribution in [2.24, 2.45) is 0 Å². The van der Waals surface area contributed by atoms with Crippen molar-refractivity contribution >= 4 is 12.4 Å². The number of hydrogen-bond donors (Lipinski definition) is 2. The third kappa shape index (κ3) is 2.69. The van der Waals surface area contributed by atoms with Gasteiger partial charge in [0.05, 0.1) is 0 Å². The number of rotatable bonds is 1. The number of nitrogens with one attached hydrogen (secondary N) is 1. The quantitative estimate of drug-likeness (QED) is 0.645. The number of hydrogen-bond acceptors (Lipinski definition) is 3. The summed E-state index contributed by atoms with van der Waals surface area (Å²) in [6, 6.07) is 1.30. The highest BCUT2D eigenvalue weighted by Gasteiger charge is 2.00. The molecule has 5 heteroatoms. The van der Waals surface area contributed by atoms with Crippen LogP contribution in [0.1, 0.15) is 18.9 Å². The second-order valence-electron chi connectivity index (χ2n) is 2.00. The Labute approximate surface area is 69.7 Å². The zero-order valence-electron chi connectivity index (χ0n) is 5.94. The smallest absolute Gasteiger partial charge is 0.250 e. The highest BCUT2D eigenvalue weighted by atomic mass is 35.5. The Bertz CT molecular complexity index is 271. The van der Waals surface area contributed by atoms with E-state index < -0.39 is 6.10 Å². The number of nitrogens with zero attached hydrogens (tertiary/aromatic N) is 1. The first-order valence-corrected chi connectivity index (χ1v) is 2.93. The maximum absolute atomic E-state index is 10.6. The monoisotopic (exact) mass is 176 g/mol. The van der Waals surface area contributed by atoms with Gasteiger partial charge >= 0.3 is 0 Å². The van der Waals surface area contributed by atoms with Gasteiger partial charge in [-0.1, -0.05) is 0 Å². The summed E-state index contributed by atoms with van der Waals surface area (Å²) in [4.78, 5) is 16.7. The van der Waals surface area contributed by atoms with Crippen molar-refractivity contribution in [3.05, 3.63) is 28.4 Å². The molecule has 1 aromatic heterocycles. The Balaban J connectivity index is 0.000001000. The summed E-state index contributed by atoms with van der Waals surface area (Å²) in [6.07, 6.45) is 0.648. The zero-order valence-corrected chi connectivity index (χ0v) is 6.76. The van der Waals surface area contributed by atoms with Crippen LogP contribution in [0.25, 0.3) is 0 Å². The summed E-state index contributed by atoms with van der Waals surface area (Å²) >= 11 is 0. The molecule has 0 spiro atoms. The lowest BCUT2D eigenvalue weighted by Gasteiger charge is -1.99. The van der Waals surface area contributed by atoms with E-state index in [4.69, 9.17) is 5.11 Å². The summed E-state index contributed by atoms with van der Waals surface area (Å²) in [5, 5.41) is 8.92. The SMILES string of the molecule is CC(O)c1nccc(=O)[nH]1.Cl. The number of aromatic nitrogens is 2. The first-order valence-electron chi connectivity index (χ1n) is 2.93. The number of aliphatic hydroxyl groups excluding tert-OH is 1. The molecule has 4 nitrogen and oxygen atoms in total. The fraction of sp³-hybridized carbons (Fsp3) is 0.333. The molecule has 0 aliphatic rings.